The first-order valence-electron chi connectivity index (χ1n) is 9.73. The van der Waals surface area contributed by atoms with E-state index in [0.29, 0.717) is 11.4 Å². The van der Waals surface area contributed by atoms with Crippen LogP contribution in [0, 0.1) is 19.7 Å². The average Bonchev–Trinajstić information content (AvgIpc) is 2.72. The highest BCUT2D eigenvalue weighted by Gasteiger charge is 2.38. The molecule has 1 N–H and O–H groups in total. The number of ether oxygens (including phenoxy) is 2. The third kappa shape index (κ3) is 4.15. The number of amides is 2. The molecule has 1 aliphatic rings. The van der Waals surface area contributed by atoms with E-state index in [1.165, 1.54) is 24.1 Å². The highest BCUT2D eigenvalue weighted by atomic mass is 19.1. The van der Waals surface area contributed by atoms with Crippen LogP contribution >= 0.6 is 0 Å². The molecule has 1 heterocycles. The maximum atomic E-state index is 14.5. The number of hydrogen-bond acceptors (Lipinski definition) is 4. The Morgan fingerprint density at radius 3 is 2.60 bits per heavy atom. The number of carbonyl (C=O) groups is 2. The summed E-state index contributed by atoms with van der Waals surface area (Å²) in [5, 5.41) is 2.69. The zero-order valence-corrected chi connectivity index (χ0v) is 17.5. The lowest BCUT2D eigenvalue weighted by atomic mass is 9.94. The van der Waals surface area contributed by atoms with Crippen LogP contribution in [0.5, 0.6) is 5.75 Å². The molecular formula is C23H25FN2O4. The summed E-state index contributed by atoms with van der Waals surface area (Å²) in [6, 6.07) is 10.2. The van der Waals surface area contributed by atoms with E-state index in [4.69, 9.17) is 9.47 Å². The second kappa shape index (κ2) is 8.98. The molecule has 2 amide bonds. The van der Waals surface area contributed by atoms with Gasteiger partial charge in [-0.15, -0.1) is 0 Å². The van der Waals surface area contributed by atoms with E-state index >= 15 is 0 Å². The maximum absolute atomic E-state index is 14.5. The standard InChI is InChI=1S/C23H25FN2O4/c1-5-29-22(27)20-18(13-30-19-12-8-9-14(2)15(19)3)26(4)23(28)25-21(20)16-10-6-7-11-17(16)24/h6-12,21H,5,13H2,1-4H3,(H,25,28)/t21-/m0/s1. The zero-order chi connectivity index (χ0) is 21.8. The van der Waals surface area contributed by atoms with Crippen LogP contribution in [0.3, 0.4) is 0 Å². The van der Waals surface area contributed by atoms with Gasteiger partial charge in [-0.3, -0.25) is 4.90 Å². The Hall–Kier alpha value is -3.35. The first-order valence-corrected chi connectivity index (χ1v) is 9.73. The fraction of sp³-hybridized carbons (Fsp3) is 0.304. The Morgan fingerprint density at radius 2 is 1.90 bits per heavy atom. The van der Waals surface area contributed by atoms with Crippen LogP contribution in [0.15, 0.2) is 53.7 Å². The number of aryl methyl sites for hydroxylation is 1. The predicted octanol–water partition coefficient (Wildman–Crippen LogP) is 4.03. The molecule has 0 spiro atoms. The number of hydrogen-bond donors (Lipinski definition) is 1. The van der Waals surface area contributed by atoms with E-state index in [9.17, 15) is 14.0 Å². The number of nitrogens with one attached hydrogen (secondary N) is 1. The monoisotopic (exact) mass is 412 g/mol. The summed E-state index contributed by atoms with van der Waals surface area (Å²) in [5.74, 6) is -0.506. The molecule has 0 saturated heterocycles. The Bertz CT molecular complexity index is 1000. The van der Waals surface area contributed by atoms with Gasteiger partial charge in [-0.25, -0.2) is 14.0 Å². The number of halogens is 1. The molecule has 2 aromatic rings. The fourth-order valence-corrected chi connectivity index (χ4v) is 3.35. The van der Waals surface area contributed by atoms with Crippen molar-refractivity contribution < 1.29 is 23.5 Å². The summed E-state index contributed by atoms with van der Waals surface area (Å²) in [7, 11) is 1.54. The minimum absolute atomic E-state index is 0.0483. The van der Waals surface area contributed by atoms with Crippen LogP contribution in [0.1, 0.15) is 29.7 Å². The number of esters is 1. The van der Waals surface area contributed by atoms with E-state index < -0.39 is 23.9 Å². The van der Waals surface area contributed by atoms with Gasteiger partial charge in [0.2, 0.25) is 0 Å². The van der Waals surface area contributed by atoms with Crippen molar-refractivity contribution >= 4 is 12.0 Å². The van der Waals surface area contributed by atoms with Crippen molar-refractivity contribution in [2.75, 3.05) is 20.3 Å². The number of carbonyl (C=O) groups excluding carboxylic acids is 2. The molecule has 0 aliphatic carbocycles. The van der Waals surface area contributed by atoms with Gasteiger partial charge >= 0.3 is 12.0 Å². The Labute approximate surface area is 175 Å². The van der Waals surface area contributed by atoms with E-state index in [1.54, 1.807) is 19.1 Å². The summed E-state index contributed by atoms with van der Waals surface area (Å²) in [6.07, 6.45) is 0. The normalized spacial score (nSPS) is 16.4. The van der Waals surface area contributed by atoms with Crippen molar-refractivity contribution in [2.24, 2.45) is 0 Å². The second-order valence-corrected chi connectivity index (χ2v) is 7.03. The highest BCUT2D eigenvalue weighted by Crippen LogP contribution is 2.33. The third-order valence-corrected chi connectivity index (χ3v) is 5.21. The van der Waals surface area contributed by atoms with Crippen LogP contribution < -0.4 is 10.1 Å². The van der Waals surface area contributed by atoms with Gasteiger partial charge in [0, 0.05) is 12.6 Å². The third-order valence-electron chi connectivity index (χ3n) is 5.21. The van der Waals surface area contributed by atoms with Gasteiger partial charge in [-0.1, -0.05) is 30.3 Å². The molecule has 2 aromatic carbocycles. The number of likely N-dealkylation sites (N-methyl/N-ethyl adjacent to an activating group) is 1. The van der Waals surface area contributed by atoms with Crippen molar-refractivity contribution in [3.05, 3.63) is 76.2 Å². The van der Waals surface area contributed by atoms with Crippen LogP contribution in [0.2, 0.25) is 0 Å². The van der Waals surface area contributed by atoms with Gasteiger partial charge in [0.15, 0.2) is 0 Å². The molecule has 0 fully saturated rings. The molecule has 7 heteroatoms. The predicted molar refractivity (Wildman–Crippen MR) is 111 cm³/mol. The summed E-state index contributed by atoms with van der Waals surface area (Å²) in [4.78, 5) is 26.8. The van der Waals surface area contributed by atoms with Crippen molar-refractivity contribution in [1.29, 1.82) is 0 Å². The van der Waals surface area contributed by atoms with E-state index in [-0.39, 0.29) is 24.4 Å². The topological polar surface area (TPSA) is 67.9 Å². The largest absolute Gasteiger partial charge is 0.487 e. The van der Waals surface area contributed by atoms with Gasteiger partial charge in [0.25, 0.3) is 0 Å². The lowest BCUT2D eigenvalue weighted by molar-refractivity contribution is -0.139. The Kier molecular flexibility index (Phi) is 6.40. The van der Waals surface area contributed by atoms with Crippen LogP contribution in [-0.4, -0.2) is 37.2 Å². The first-order chi connectivity index (χ1) is 14.3. The number of nitrogens with zero attached hydrogens (tertiary/aromatic N) is 1. The lowest BCUT2D eigenvalue weighted by Crippen LogP contribution is -2.48. The van der Waals surface area contributed by atoms with E-state index in [2.05, 4.69) is 5.32 Å². The SMILES string of the molecule is CCOC(=O)C1=C(COc2cccc(C)c2C)N(C)C(=O)N[C@H]1c1ccccc1F. The molecule has 3 rings (SSSR count). The molecule has 6 nitrogen and oxygen atoms in total. The number of rotatable bonds is 6. The maximum Gasteiger partial charge on any atom is 0.338 e. The number of benzene rings is 2. The fourth-order valence-electron chi connectivity index (χ4n) is 3.35. The van der Waals surface area contributed by atoms with E-state index in [1.807, 2.05) is 32.0 Å². The summed E-state index contributed by atoms with van der Waals surface area (Å²) < 4.78 is 25.7. The lowest BCUT2D eigenvalue weighted by Gasteiger charge is -2.34. The molecule has 0 saturated carbocycles. The van der Waals surface area contributed by atoms with Gasteiger partial charge in [-0.05, 0) is 44.0 Å². The zero-order valence-electron chi connectivity index (χ0n) is 17.5. The van der Waals surface area contributed by atoms with Gasteiger partial charge in [0.05, 0.1) is 23.9 Å². The van der Waals surface area contributed by atoms with Gasteiger partial charge in [0.1, 0.15) is 18.2 Å². The average molecular weight is 412 g/mol. The molecule has 0 unspecified atom stereocenters. The Balaban J connectivity index is 2.07. The molecule has 0 bridgehead atoms. The van der Waals surface area contributed by atoms with Crippen molar-refractivity contribution in [3.8, 4) is 5.75 Å². The molecule has 0 radical (unpaired) electrons. The second-order valence-electron chi connectivity index (χ2n) is 7.03. The molecule has 158 valence electrons. The van der Waals surface area contributed by atoms with Crippen molar-refractivity contribution in [1.82, 2.24) is 10.2 Å². The Morgan fingerprint density at radius 1 is 1.17 bits per heavy atom. The molecule has 0 aromatic heterocycles. The summed E-state index contributed by atoms with van der Waals surface area (Å²) in [5.41, 5.74) is 2.68. The van der Waals surface area contributed by atoms with Crippen LogP contribution in [-0.2, 0) is 9.53 Å². The van der Waals surface area contributed by atoms with Crippen LogP contribution in [0.4, 0.5) is 9.18 Å². The smallest absolute Gasteiger partial charge is 0.338 e. The van der Waals surface area contributed by atoms with Crippen molar-refractivity contribution in [2.45, 2.75) is 26.8 Å². The van der Waals surface area contributed by atoms with Gasteiger partial charge in [-0.2, -0.15) is 0 Å². The quantitative estimate of drug-likeness (QED) is 0.728. The van der Waals surface area contributed by atoms with Gasteiger partial charge < -0.3 is 14.8 Å². The highest BCUT2D eigenvalue weighted by molar-refractivity contribution is 5.95. The minimum Gasteiger partial charge on any atom is -0.487 e. The molecule has 1 aliphatic heterocycles. The summed E-state index contributed by atoms with van der Waals surface area (Å²) in [6.45, 7) is 5.70. The number of urea groups is 1. The minimum atomic E-state index is -0.980. The van der Waals surface area contributed by atoms with Crippen molar-refractivity contribution in [3.63, 3.8) is 0 Å². The van der Waals surface area contributed by atoms with E-state index in [0.717, 1.165) is 11.1 Å². The van der Waals surface area contributed by atoms with Crippen LogP contribution in [0.25, 0.3) is 0 Å². The molecule has 30 heavy (non-hydrogen) atoms. The summed E-state index contributed by atoms with van der Waals surface area (Å²) >= 11 is 0. The molecular weight excluding hydrogens is 387 g/mol. The first kappa shape index (κ1) is 21.4. The molecule has 1 atom stereocenters.